The number of alkyl halides is 3. The van der Waals surface area contributed by atoms with E-state index in [-0.39, 0.29) is 31.6 Å². The summed E-state index contributed by atoms with van der Waals surface area (Å²) in [4.78, 5) is 14.7. The highest BCUT2D eigenvalue weighted by Gasteiger charge is 2.61. The molecule has 0 aromatic carbocycles. The Morgan fingerprint density at radius 1 is 1.24 bits per heavy atom. The van der Waals surface area contributed by atoms with Crippen LogP contribution in [0.3, 0.4) is 0 Å². The number of hydrogen-bond donors (Lipinski definition) is 2. The molecule has 3 saturated heterocycles. The molecule has 0 radical (unpaired) electrons. The Morgan fingerprint density at radius 3 is 2.71 bits per heavy atom. The van der Waals surface area contributed by atoms with E-state index < -0.39 is 17.5 Å². The van der Waals surface area contributed by atoms with E-state index in [0.29, 0.717) is 0 Å². The van der Waals surface area contributed by atoms with Crippen LogP contribution in [0.2, 0.25) is 0 Å². The molecule has 0 saturated carbocycles. The van der Waals surface area contributed by atoms with Gasteiger partial charge in [-0.1, -0.05) is 6.42 Å². The van der Waals surface area contributed by atoms with Crippen molar-refractivity contribution in [3.8, 4) is 0 Å². The van der Waals surface area contributed by atoms with Gasteiger partial charge in [0.2, 0.25) is 5.91 Å². The number of hydrogen-bond acceptors (Lipinski definition) is 3. The van der Waals surface area contributed by atoms with Gasteiger partial charge in [0.15, 0.2) is 5.41 Å². The zero-order chi connectivity index (χ0) is 15.1. The molecule has 0 aliphatic carbocycles. The van der Waals surface area contributed by atoms with Gasteiger partial charge in [0.25, 0.3) is 0 Å². The first-order valence-electron chi connectivity index (χ1n) is 7.76. The van der Waals surface area contributed by atoms with Crippen molar-refractivity contribution in [2.75, 3.05) is 26.2 Å². The van der Waals surface area contributed by atoms with Crippen molar-refractivity contribution in [3.63, 3.8) is 0 Å². The van der Waals surface area contributed by atoms with E-state index in [1.54, 1.807) is 0 Å². The second-order valence-electron chi connectivity index (χ2n) is 6.47. The minimum Gasteiger partial charge on any atom is -0.351 e. The Bertz CT molecular complexity index is 407. The Hall–Kier alpha value is -0.820. The van der Waals surface area contributed by atoms with E-state index in [2.05, 4.69) is 15.5 Å². The Morgan fingerprint density at radius 2 is 2.05 bits per heavy atom. The van der Waals surface area contributed by atoms with E-state index in [4.69, 9.17) is 0 Å². The van der Waals surface area contributed by atoms with E-state index in [0.717, 1.165) is 38.8 Å². The van der Waals surface area contributed by atoms with E-state index in [1.807, 2.05) is 0 Å². The summed E-state index contributed by atoms with van der Waals surface area (Å²) in [5.74, 6) is -0.836. The largest absolute Gasteiger partial charge is 0.404 e. The van der Waals surface area contributed by atoms with Crippen LogP contribution in [0.4, 0.5) is 13.2 Å². The van der Waals surface area contributed by atoms with Crippen molar-refractivity contribution in [3.05, 3.63) is 0 Å². The monoisotopic (exact) mass is 305 g/mol. The summed E-state index contributed by atoms with van der Waals surface area (Å²) < 4.78 is 40.1. The summed E-state index contributed by atoms with van der Waals surface area (Å²) >= 11 is 0. The number of fused-ring (bicyclic) bond motifs is 1. The number of halogens is 3. The van der Waals surface area contributed by atoms with Gasteiger partial charge in [-0.3, -0.25) is 9.69 Å². The van der Waals surface area contributed by atoms with E-state index >= 15 is 0 Å². The van der Waals surface area contributed by atoms with Crippen LogP contribution < -0.4 is 10.6 Å². The molecule has 0 bridgehead atoms. The van der Waals surface area contributed by atoms with Gasteiger partial charge in [0.1, 0.15) is 0 Å². The van der Waals surface area contributed by atoms with Crippen molar-refractivity contribution in [1.82, 2.24) is 15.5 Å². The quantitative estimate of drug-likeness (QED) is 0.807. The van der Waals surface area contributed by atoms with Gasteiger partial charge in [-0.25, -0.2) is 0 Å². The molecule has 0 aromatic rings. The molecule has 3 aliphatic rings. The lowest BCUT2D eigenvalue weighted by Gasteiger charge is -2.35. The van der Waals surface area contributed by atoms with Crippen LogP contribution in [0, 0.1) is 5.41 Å². The van der Waals surface area contributed by atoms with Crippen molar-refractivity contribution in [2.24, 2.45) is 5.41 Å². The predicted octanol–water partition coefficient (Wildman–Crippen LogP) is 1.27. The predicted molar refractivity (Wildman–Crippen MR) is 71.7 cm³/mol. The molecule has 3 atom stereocenters. The second-order valence-corrected chi connectivity index (χ2v) is 6.47. The van der Waals surface area contributed by atoms with Crippen LogP contribution in [-0.4, -0.2) is 55.2 Å². The molecular formula is C14H22F3N3O. The highest BCUT2D eigenvalue weighted by molar-refractivity contribution is 5.84. The maximum atomic E-state index is 13.4. The first kappa shape index (κ1) is 15.1. The van der Waals surface area contributed by atoms with Gasteiger partial charge in [0, 0.05) is 25.2 Å². The number of amides is 1. The molecule has 21 heavy (non-hydrogen) atoms. The number of nitrogens with one attached hydrogen (secondary N) is 2. The van der Waals surface area contributed by atoms with Gasteiger partial charge in [-0.2, -0.15) is 13.2 Å². The lowest BCUT2D eigenvalue weighted by molar-refractivity contribution is -0.216. The molecule has 3 aliphatic heterocycles. The van der Waals surface area contributed by atoms with Crippen molar-refractivity contribution in [2.45, 2.75) is 50.4 Å². The van der Waals surface area contributed by atoms with Crippen LogP contribution in [0.25, 0.3) is 0 Å². The molecule has 0 aromatic heterocycles. The molecule has 3 heterocycles. The maximum absolute atomic E-state index is 13.4. The summed E-state index contributed by atoms with van der Waals surface area (Å²) in [5, 5.41) is 5.42. The summed E-state index contributed by atoms with van der Waals surface area (Å²) in [6, 6.07) is 0.0972. The molecule has 2 N–H and O–H groups in total. The molecular weight excluding hydrogens is 283 g/mol. The van der Waals surface area contributed by atoms with Gasteiger partial charge in [-0.05, 0) is 38.8 Å². The zero-order valence-corrected chi connectivity index (χ0v) is 12.0. The van der Waals surface area contributed by atoms with Crippen molar-refractivity contribution < 1.29 is 18.0 Å². The number of piperidine rings is 1. The SMILES string of the molecule is O=C(NC1CCN2CCCCC12)C1(C(F)(F)F)CCNC1. The van der Waals surface area contributed by atoms with Crippen LogP contribution in [0.5, 0.6) is 0 Å². The van der Waals surface area contributed by atoms with Crippen LogP contribution >= 0.6 is 0 Å². The minimum absolute atomic E-state index is 0.127. The van der Waals surface area contributed by atoms with Gasteiger partial charge >= 0.3 is 6.18 Å². The summed E-state index contributed by atoms with van der Waals surface area (Å²) in [6.45, 7) is 1.83. The third-order valence-electron chi connectivity index (χ3n) is 5.31. The van der Waals surface area contributed by atoms with Gasteiger partial charge in [0.05, 0.1) is 0 Å². The van der Waals surface area contributed by atoms with Crippen LogP contribution in [0.15, 0.2) is 0 Å². The van der Waals surface area contributed by atoms with Crippen LogP contribution in [0.1, 0.15) is 32.1 Å². The smallest absolute Gasteiger partial charge is 0.351 e. The van der Waals surface area contributed by atoms with E-state index in [1.165, 1.54) is 0 Å². The highest BCUT2D eigenvalue weighted by atomic mass is 19.4. The van der Waals surface area contributed by atoms with Crippen LogP contribution in [-0.2, 0) is 4.79 Å². The summed E-state index contributed by atoms with van der Waals surface area (Å²) in [5.41, 5.74) is -2.24. The number of carbonyl (C=O) groups excluding carboxylic acids is 1. The minimum atomic E-state index is -4.49. The molecule has 4 nitrogen and oxygen atoms in total. The fourth-order valence-corrected chi connectivity index (χ4v) is 3.98. The lowest BCUT2D eigenvalue weighted by Crippen LogP contribution is -2.56. The Balaban J connectivity index is 1.70. The molecule has 7 heteroatoms. The molecule has 1 amide bonds. The number of rotatable bonds is 2. The molecule has 3 rings (SSSR count). The molecule has 3 fully saturated rings. The lowest BCUT2D eigenvalue weighted by atomic mass is 9.84. The van der Waals surface area contributed by atoms with E-state index in [9.17, 15) is 18.0 Å². The highest BCUT2D eigenvalue weighted by Crippen LogP contribution is 2.43. The topological polar surface area (TPSA) is 44.4 Å². The summed E-state index contributed by atoms with van der Waals surface area (Å²) in [6.07, 6.45) is -0.679. The molecule has 0 spiro atoms. The first-order valence-corrected chi connectivity index (χ1v) is 7.76. The fraction of sp³-hybridized carbons (Fsp3) is 0.929. The number of nitrogens with zero attached hydrogens (tertiary/aromatic N) is 1. The zero-order valence-electron chi connectivity index (χ0n) is 12.0. The standard InChI is InChI=1S/C14H22F3N3O/c15-14(16,17)13(5-6-18-9-13)12(21)19-10-4-8-20-7-2-1-3-11(10)20/h10-11,18H,1-9H2,(H,19,21). The normalized spacial score (nSPS) is 37.5. The Labute approximate surface area is 122 Å². The maximum Gasteiger partial charge on any atom is 0.404 e. The first-order chi connectivity index (χ1) is 9.94. The van der Waals surface area contributed by atoms with Gasteiger partial charge in [-0.15, -0.1) is 0 Å². The number of carbonyl (C=O) groups is 1. The average Bonchev–Trinajstić information content (AvgIpc) is 3.06. The Kier molecular flexibility index (Phi) is 3.90. The molecule has 120 valence electrons. The second kappa shape index (κ2) is 5.43. The third kappa shape index (κ3) is 2.54. The van der Waals surface area contributed by atoms with Crippen molar-refractivity contribution in [1.29, 1.82) is 0 Å². The fourth-order valence-electron chi connectivity index (χ4n) is 3.98. The molecule has 3 unspecified atom stereocenters. The summed E-state index contributed by atoms with van der Waals surface area (Å²) in [7, 11) is 0. The third-order valence-corrected chi connectivity index (χ3v) is 5.31. The van der Waals surface area contributed by atoms with Crippen molar-refractivity contribution >= 4 is 5.91 Å². The average molecular weight is 305 g/mol. The van der Waals surface area contributed by atoms with Gasteiger partial charge < -0.3 is 10.6 Å².